The maximum Gasteiger partial charge on any atom is 0.255 e. The molecule has 6 nitrogen and oxygen atoms in total. The minimum Gasteiger partial charge on any atom is -0.326 e. The summed E-state index contributed by atoms with van der Waals surface area (Å²) in [5.74, 6) is -1.00. The zero-order valence-corrected chi connectivity index (χ0v) is 18.3. The summed E-state index contributed by atoms with van der Waals surface area (Å²) in [4.78, 5) is 50.8. The van der Waals surface area contributed by atoms with Gasteiger partial charge in [0.15, 0.2) is 11.6 Å². The molecule has 33 heavy (non-hydrogen) atoms. The van der Waals surface area contributed by atoms with E-state index in [1.807, 2.05) is 0 Å². The van der Waals surface area contributed by atoms with Crippen molar-refractivity contribution >= 4 is 34.8 Å². The molecule has 6 heteroatoms. The number of carbonyl (C=O) groups is 4. The van der Waals surface area contributed by atoms with Crippen molar-refractivity contribution in [3.8, 4) is 0 Å². The van der Waals surface area contributed by atoms with Crippen LogP contribution in [0.2, 0.25) is 0 Å². The van der Waals surface area contributed by atoms with Crippen LogP contribution >= 0.6 is 0 Å². The Hall–Kier alpha value is -4.06. The van der Waals surface area contributed by atoms with Crippen molar-refractivity contribution in [1.82, 2.24) is 0 Å². The van der Waals surface area contributed by atoms with Gasteiger partial charge in [-0.05, 0) is 36.8 Å². The van der Waals surface area contributed by atoms with E-state index in [9.17, 15) is 19.2 Å². The maximum absolute atomic E-state index is 13.1. The number of benzene rings is 3. The summed E-state index contributed by atoms with van der Waals surface area (Å²) in [6.45, 7) is 2.08. The number of hydrogen-bond donors (Lipinski definition) is 2. The number of ketones is 2. The smallest absolute Gasteiger partial charge is 0.255 e. The van der Waals surface area contributed by atoms with E-state index in [-0.39, 0.29) is 28.6 Å². The summed E-state index contributed by atoms with van der Waals surface area (Å²) in [7, 11) is 0. The van der Waals surface area contributed by atoms with E-state index >= 15 is 0 Å². The molecule has 0 saturated carbocycles. The Balaban J connectivity index is 1.50. The van der Waals surface area contributed by atoms with Crippen LogP contribution in [0.5, 0.6) is 0 Å². The Bertz CT molecular complexity index is 1250. The molecular formula is C27H24N2O4. The van der Waals surface area contributed by atoms with Gasteiger partial charge in [-0.2, -0.15) is 0 Å². The quantitative estimate of drug-likeness (QED) is 0.385. The highest BCUT2D eigenvalue weighted by molar-refractivity contribution is 6.30. The first-order chi connectivity index (χ1) is 16.0. The molecule has 3 aromatic carbocycles. The fourth-order valence-electron chi connectivity index (χ4n) is 3.91. The van der Waals surface area contributed by atoms with Crippen LogP contribution in [-0.4, -0.2) is 23.4 Å². The third-order valence-corrected chi connectivity index (χ3v) is 5.64. The molecule has 2 amide bonds. The zero-order chi connectivity index (χ0) is 23.4. The van der Waals surface area contributed by atoms with Crippen molar-refractivity contribution in [3.05, 3.63) is 94.5 Å². The number of unbranched alkanes of at least 4 members (excludes halogenated alkanes) is 2. The standard InChI is InChI=1S/C27H24N2O4/c1-2-3-4-12-23(30)28-18-15-13-17(14-16-18)27(33)29-22-11-7-10-21-24(22)26(32)20-9-6-5-8-19(20)25(21)31/h5-11,13-16H,2-4,12H2,1H3,(H,28,30)(H,29,33). The number of hydrogen-bond acceptors (Lipinski definition) is 4. The highest BCUT2D eigenvalue weighted by atomic mass is 16.2. The molecular weight excluding hydrogens is 416 g/mol. The minimum atomic E-state index is -0.414. The molecule has 0 fully saturated rings. The minimum absolute atomic E-state index is 0.0555. The van der Waals surface area contributed by atoms with Crippen molar-refractivity contribution < 1.29 is 19.2 Å². The Kier molecular flexibility index (Phi) is 6.45. The molecule has 0 aliphatic heterocycles. The molecule has 4 rings (SSSR count). The Morgan fingerprint density at radius 2 is 1.39 bits per heavy atom. The van der Waals surface area contributed by atoms with Crippen LogP contribution in [-0.2, 0) is 4.79 Å². The lowest BCUT2D eigenvalue weighted by molar-refractivity contribution is -0.116. The van der Waals surface area contributed by atoms with E-state index in [2.05, 4.69) is 17.6 Å². The summed E-state index contributed by atoms with van der Waals surface area (Å²) in [6, 6.07) is 18.1. The zero-order valence-electron chi connectivity index (χ0n) is 18.3. The number of anilines is 2. The van der Waals surface area contributed by atoms with Gasteiger partial charge >= 0.3 is 0 Å². The topological polar surface area (TPSA) is 92.3 Å². The molecule has 166 valence electrons. The van der Waals surface area contributed by atoms with Gasteiger partial charge in [0.05, 0.1) is 11.3 Å². The largest absolute Gasteiger partial charge is 0.326 e. The summed E-state index contributed by atoms with van der Waals surface area (Å²) in [5.41, 5.74) is 2.44. The van der Waals surface area contributed by atoms with Crippen LogP contribution in [0, 0.1) is 0 Å². The second-order valence-electron chi connectivity index (χ2n) is 7.97. The van der Waals surface area contributed by atoms with Crippen molar-refractivity contribution in [2.24, 2.45) is 0 Å². The lowest BCUT2D eigenvalue weighted by Crippen LogP contribution is -2.23. The average Bonchev–Trinajstić information content (AvgIpc) is 2.83. The maximum atomic E-state index is 13.1. The molecule has 1 aliphatic rings. The van der Waals surface area contributed by atoms with Gasteiger partial charge in [0.2, 0.25) is 5.91 Å². The van der Waals surface area contributed by atoms with Crippen LogP contribution in [0.4, 0.5) is 11.4 Å². The summed E-state index contributed by atoms with van der Waals surface area (Å²) in [5, 5.41) is 5.59. The first-order valence-corrected chi connectivity index (χ1v) is 11.0. The molecule has 0 saturated heterocycles. The van der Waals surface area contributed by atoms with E-state index in [0.717, 1.165) is 19.3 Å². The predicted octanol–water partition coefficient (Wildman–Crippen LogP) is 5.23. The molecule has 1 aliphatic carbocycles. The number of amides is 2. The van der Waals surface area contributed by atoms with E-state index in [4.69, 9.17) is 0 Å². The second kappa shape index (κ2) is 9.61. The monoisotopic (exact) mass is 440 g/mol. The molecule has 0 bridgehead atoms. The Morgan fingerprint density at radius 1 is 0.727 bits per heavy atom. The molecule has 0 aromatic heterocycles. The number of rotatable bonds is 7. The Labute approximate surface area is 192 Å². The fourth-order valence-corrected chi connectivity index (χ4v) is 3.91. The lowest BCUT2D eigenvalue weighted by Gasteiger charge is -2.20. The van der Waals surface area contributed by atoms with Gasteiger partial charge in [-0.3, -0.25) is 19.2 Å². The van der Waals surface area contributed by atoms with E-state index < -0.39 is 5.91 Å². The number of nitrogens with one attached hydrogen (secondary N) is 2. The molecule has 3 aromatic rings. The van der Waals surface area contributed by atoms with Gasteiger partial charge in [-0.25, -0.2) is 0 Å². The van der Waals surface area contributed by atoms with Crippen LogP contribution in [0.1, 0.15) is 74.8 Å². The first-order valence-electron chi connectivity index (χ1n) is 11.0. The van der Waals surface area contributed by atoms with Crippen molar-refractivity contribution in [2.45, 2.75) is 32.6 Å². The third kappa shape index (κ3) is 4.60. The third-order valence-electron chi connectivity index (χ3n) is 5.64. The molecule has 0 radical (unpaired) electrons. The van der Waals surface area contributed by atoms with Crippen LogP contribution in [0.25, 0.3) is 0 Å². The van der Waals surface area contributed by atoms with Gasteiger partial charge in [0.25, 0.3) is 5.91 Å². The summed E-state index contributed by atoms with van der Waals surface area (Å²) < 4.78 is 0. The first kappa shape index (κ1) is 22.1. The Morgan fingerprint density at radius 3 is 2.09 bits per heavy atom. The summed E-state index contributed by atoms with van der Waals surface area (Å²) in [6.07, 6.45) is 3.37. The predicted molar refractivity (Wildman–Crippen MR) is 127 cm³/mol. The molecule has 0 unspecified atom stereocenters. The van der Waals surface area contributed by atoms with Crippen LogP contribution in [0.3, 0.4) is 0 Å². The number of fused-ring (bicyclic) bond motifs is 2. The van der Waals surface area contributed by atoms with Gasteiger partial charge in [0, 0.05) is 34.4 Å². The van der Waals surface area contributed by atoms with Gasteiger partial charge in [-0.1, -0.05) is 56.2 Å². The lowest BCUT2D eigenvalue weighted by atomic mass is 9.83. The van der Waals surface area contributed by atoms with Crippen LogP contribution in [0.15, 0.2) is 66.7 Å². The van der Waals surface area contributed by atoms with E-state index in [1.54, 1.807) is 66.7 Å². The van der Waals surface area contributed by atoms with Gasteiger partial charge < -0.3 is 10.6 Å². The highest BCUT2D eigenvalue weighted by Crippen LogP contribution is 2.32. The van der Waals surface area contributed by atoms with Gasteiger partial charge in [0.1, 0.15) is 0 Å². The average molecular weight is 440 g/mol. The van der Waals surface area contributed by atoms with Crippen molar-refractivity contribution in [3.63, 3.8) is 0 Å². The molecule has 0 spiro atoms. The summed E-state index contributed by atoms with van der Waals surface area (Å²) >= 11 is 0. The molecule has 0 atom stereocenters. The normalized spacial score (nSPS) is 12.0. The molecule has 0 heterocycles. The van der Waals surface area contributed by atoms with Crippen molar-refractivity contribution in [2.75, 3.05) is 10.6 Å². The van der Waals surface area contributed by atoms with Crippen molar-refractivity contribution in [1.29, 1.82) is 0 Å². The highest BCUT2D eigenvalue weighted by Gasteiger charge is 2.31. The second-order valence-corrected chi connectivity index (χ2v) is 7.97. The van der Waals surface area contributed by atoms with Gasteiger partial charge in [-0.15, -0.1) is 0 Å². The SMILES string of the molecule is CCCCCC(=O)Nc1ccc(C(=O)Nc2cccc3c2C(=O)c2ccccc2C3=O)cc1. The van der Waals surface area contributed by atoms with Crippen LogP contribution < -0.4 is 10.6 Å². The van der Waals surface area contributed by atoms with E-state index in [1.165, 1.54) is 0 Å². The van der Waals surface area contributed by atoms with E-state index in [0.29, 0.717) is 34.5 Å². The number of carbonyl (C=O) groups excluding carboxylic acids is 4. The molecule has 2 N–H and O–H groups in total. The fraction of sp³-hybridized carbons (Fsp3) is 0.185.